The molecule has 116 valence electrons. The van der Waals surface area contributed by atoms with Crippen LogP contribution in [0.5, 0.6) is 0 Å². The van der Waals surface area contributed by atoms with Crippen LogP contribution in [0.25, 0.3) is 11.1 Å². The molecule has 0 radical (unpaired) electrons. The lowest BCUT2D eigenvalue weighted by Gasteiger charge is -2.26. The fourth-order valence-corrected chi connectivity index (χ4v) is 2.74. The van der Waals surface area contributed by atoms with Gasteiger partial charge in [-0.3, -0.25) is 4.90 Å². The molecule has 1 aliphatic rings. The molecule has 2 aromatic rings. The van der Waals surface area contributed by atoms with Crippen molar-refractivity contribution in [2.75, 3.05) is 39.4 Å². The Bertz CT molecular complexity index is 547. The highest BCUT2D eigenvalue weighted by molar-refractivity contribution is 5.63. The Labute approximate surface area is 132 Å². The van der Waals surface area contributed by atoms with Crippen molar-refractivity contribution >= 4 is 0 Å². The Morgan fingerprint density at radius 3 is 2.27 bits per heavy atom. The van der Waals surface area contributed by atoms with Crippen LogP contribution in [0.15, 0.2) is 54.6 Å². The van der Waals surface area contributed by atoms with Crippen LogP contribution >= 0.6 is 0 Å². The first-order chi connectivity index (χ1) is 10.9. The van der Waals surface area contributed by atoms with Crippen LogP contribution in [0.3, 0.4) is 0 Å². The van der Waals surface area contributed by atoms with Gasteiger partial charge < -0.3 is 10.1 Å². The van der Waals surface area contributed by atoms with Crippen molar-refractivity contribution in [3.63, 3.8) is 0 Å². The maximum Gasteiger partial charge on any atom is 0.0594 e. The largest absolute Gasteiger partial charge is 0.379 e. The fourth-order valence-electron chi connectivity index (χ4n) is 2.74. The van der Waals surface area contributed by atoms with Crippen molar-refractivity contribution in [1.82, 2.24) is 10.2 Å². The van der Waals surface area contributed by atoms with Crippen molar-refractivity contribution in [2.24, 2.45) is 0 Å². The number of morpholine rings is 1. The zero-order valence-electron chi connectivity index (χ0n) is 13.0. The van der Waals surface area contributed by atoms with E-state index < -0.39 is 0 Å². The minimum absolute atomic E-state index is 0.876. The second-order valence-electron chi connectivity index (χ2n) is 5.69. The van der Waals surface area contributed by atoms with E-state index in [0.717, 1.165) is 45.9 Å². The molecule has 1 fully saturated rings. The lowest BCUT2D eigenvalue weighted by molar-refractivity contribution is 0.0384. The Morgan fingerprint density at radius 2 is 1.55 bits per heavy atom. The van der Waals surface area contributed by atoms with Gasteiger partial charge in [0, 0.05) is 32.7 Å². The van der Waals surface area contributed by atoms with E-state index in [0.29, 0.717) is 0 Å². The van der Waals surface area contributed by atoms with Gasteiger partial charge in [0.1, 0.15) is 0 Å². The third-order valence-corrected chi connectivity index (χ3v) is 4.10. The maximum atomic E-state index is 5.36. The van der Waals surface area contributed by atoms with Crippen LogP contribution in [0, 0.1) is 0 Å². The van der Waals surface area contributed by atoms with E-state index >= 15 is 0 Å². The Kier molecular flexibility index (Phi) is 5.59. The average Bonchev–Trinajstić information content (AvgIpc) is 2.61. The molecule has 3 nitrogen and oxygen atoms in total. The summed E-state index contributed by atoms with van der Waals surface area (Å²) in [5.74, 6) is 0. The van der Waals surface area contributed by atoms with Gasteiger partial charge in [-0.05, 0) is 16.7 Å². The highest BCUT2D eigenvalue weighted by Crippen LogP contribution is 2.19. The molecule has 1 aliphatic heterocycles. The van der Waals surface area contributed by atoms with Crippen LogP contribution in [0.2, 0.25) is 0 Å². The normalized spacial score (nSPS) is 15.8. The van der Waals surface area contributed by atoms with Crippen LogP contribution < -0.4 is 5.32 Å². The second kappa shape index (κ2) is 8.08. The summed E-state index contributed by atoms with van der Waals surface area (Å²) in [7, 11) is 0. The molecule has 0 aromatic heterocycles. The van der Waals surface area contributed by atoms with Gasteiger partial charge in [0.15, 0.2) is 0 Å². The van der Waals surface area contributed by atoms with E-state index in [4.69, 9.17) is 4.74 Å². The first kappa shape index (κ1) is 15.2. The van der Waals surface area contributed by atoms with Crippen molar-refractivity contribution in [3.8, 4) is 11.1 Å². The number of hydrogen-bond donors (Lipinski definition) is 1. The van der Waals surface area contributed by atoms with Gasteiger partial charge in [-0.15, -0.1) is 0 Å². The third kappa shape index (κ3) is 4.41. The molecule has 1 heterocycles. The van der Waals surface area contributed by atoms with Gasteiger partial charge in [0.2, 0.25) is 0 Å². The van der Waals surface area contributed by atoms with Crippen molar-refractivity contribution in [2.45, 2.75) is 6.54 Å². The minimum atomic E-state index is 0.876. The molecule has 0 amide bonds. The van der Waals surface area contributed by atoms with Crippen LogP contribution in [-0.4, -0.2) is 44.3 Å². The minimum Gasteiger partial charge on any atom is -0.379 e. The predicted octanol–water partition coefficient (Wildman–Crippen LogP) is 2.78. The summed E-state index contributed by atoms with van der Waals surface area (Å²) in [6, 6.07) is 19.3. The predicted molar refractivity (Wildman–Crippen MR) is 90.8 cm³/mol. The first-order valence-electron chi connectivity index (χ1n) is 8.07. The van der Waals surface area contributed by atoms with Crippen molar-refractivity contribution < 1.29 is 4.74 Å². The number of ether oxygens (including phenoxy) is 1. The first-order valence-corrected chi connectivity index (χ1v) is 8.07. The molecule has 0 saturated carbocycles. The number of nitrogens with one attached hydrogen (secondary N) is 1. The SMILES string of the molecule is c1ccc(-c2ccc(CNCCN3CCOCC3)cc2)cc1. The van der Waals surface area contributed by atoms with E-state index in [1.165, 1.54) is 16.7 Å². The second-order valence-corrected chi connectivity index (χ2v) is 5.69. The molecule has 22 heavy (non-hydrogen) atoms. The molecule has 3 heteroatoms. The average molecular weight is 296 g/mol. The quantitative estimate of drug-likeness (QED) is 0.830. The van der Waals surface area contributed by atoms with Gasteiger partial charge in [0.25, 0.3) is 0 Å². The molecule has 0 spiro atoms. The summed E-state index contributed by atoms with van der Waals surface area (Å²) in [6.45, 7) is 6.94. The molecular weight excluding hydrogens is 272 g/mol. The van der Waals surface area contributed by atoms with Crippen molar-refractivity contribution in [3.05, 3.63) is 60.2 Å². The van der Waals surface area contributed by atoms with Crippen molar-refractivity contribution in [1.29, 1.82) is 0 Å². The van der Waals surface area contributed by atoms with E-state index in [-0.39, 0.29) is 0 Å². The zero-order chi connectivity index (χ0) is 15.0. The molecule has 0 aliphatic carbocycles. The topological polar surface area (TPSA) is 24.5 Å². The van der Waals surface area contributed by atoms with Gasteiger partial charge in [-0.25, -0.2) is 0 Å². The van der Waals surface area contributed by atoms with Crippen LogP contribution in [0.4, 0.5) is 0 Å². The Balaban J connectivity index is 1.43. The molecule has 1 saturated heterocycles. The lowest BCUT2D eigenvalue weighted by atomic mass is 10.0. The Hall–Kier alpha value is -1.68. The van der Waals surface area contributed by atoms with Gasteiger partial charge in [-0.2, -0.15) is 0 Å². The summed E-state index contributed by atoms with van der Waals surface area (Å²) in [6.07, 6.45) is 0. The van der Waals surface area contributed by atoms with Crippen LogP contribution in [-0.2, 0) is 11.3 Å². The number of hydrogen-bond acceptors (Lipinski definition) is 3. The highest BCUT2D eigenvalue weighted by Gasteiger charge is 2.08. The summed E-state index contributed by atoms with van der Waals surface area (Å²) in [5, 5.41) is 3.53. The monoisotopic (exact) mass is 296 g/mol. The Morgan fingerprint density at radius 1 is 0.864 bits per heavy atom. The molecule has 0 unspecified atom stereocenters. The van der Waals surface area contributed by atoms with Gasteiger partial charge in [-0.1, -0.05) is 54.6 Å². The molecule has 1 N–H and O–H groups in total. The van der Waals surface area contributed by atoms with E-state index in [1.54, 1.807) is 0 Å². The van der Waals surface area contributed by atoms with Gasteiger partial charge in [0.05, 0.1) is 13.2 Å². The van der Waals surface area contributed by atoms with E-state index in [9.17, 15) is 0 Å². The number of nitrogens with zero attached hydrogens (tertiary/aromatic N) is 1. The molecule has 0 atom stereocenters. The molecule has 0 bridgehead atoms. The summed E-state index contributed by atoms with van der Waals surface area (Å²) >= 11 is 0. The third-order valence-electron chi connectivity index (χ3n) is 4.10. The standard InChI is InChI=1S/C19H24N2O/c1-2-4-18(5-3-1)19-8-6-17(7-9-19)16-20-10-11-21-12-14-22-15-13-21/h1-9,20H,10-16H2. The summed E-state index contributed by atoms with van der Waals surface area (Å²) in [5.41, 5.74) is 3.88. The maximum absolute atomic E-state index is 5.36. The van der Waals surface area contributed by atoms with E-state index in [2.05, 4.69) is 64.8 Å². The summed E-state index contributed by atoms with van der Waals surface area (Å²) < 4.78 is 5.36. The van der Waals surface area contributed by atoms with Gasteiger partial charge >= 0.3 is 0 Å². The molecular formula is C19H24N2O. The van der Waals surface area contributed by atoms with E-state index in [1.807, 2.05) is 0 Å². The number of benzene rings is 2. The summed E-state index contributed by atoms with van der Waals surface area (Å²) in [4.78, 5) is 2.45. The molecule has 3 rings (SSSR count). The lowest BCUT2D eigenvalue weighted by Crippen LogP contribution is -2.40. The zero-order valence-corrected chi connectivity index (χ0v) is 13.0. The highest BCUT2D eigenvalue weighted by atomic mass is 16.5. The molecule has 2 aromatic carbocycles. The van der Waals surface area contributed by atoms with Crippen LogP contribution in [0.1, 0.15) is 5.56 Å². The fraction of sp³-hybridized carbons (Fsp3) is 0.368. The smallest absolute Gasteiger partial charge is 0.0594 e. The number of rotatable bonds is 6.